The third-order valence-corrected chi connectivity index (χ3v) is 3.32. The van der Waals surface area contributed by atoms with Crippen LogP contribution in [-0.4, -0.2) is 24.6 Å². The minimum atomic E-state index is -0.548. The topological polar surface area (TPSA) is 68.1 Å². The van der Waals surface area contributed by atoms with Gasteiger partial charge in [-0.05, 0) is 25.7 Å². The minimum Gasteiger partial charge on any atom is -0.330 e. The third-order valence-electron chi connectivity index (χ3n) is 3.32. The normalized spacial score (nSPS) is 13.0. The molecule has 0 heterocycles. The number of hydrogen-bond donors (Lipinski definition) is 0. The number of rotatable bonds is 14. The number of unbranched alkanes of at least 4 members (excludes halogenated alkanes) is 6. The van der Waals surface area contributed by atoms with Crippen molar-refractivity contribution in [2.45, 2.75) is 90.5 Å². The number of carbonyl (C=O) groups excluding carboxylic acids is 2. The third kappa shape index (κ3) is 12.2. The lowest BCUT2D eigenvalue weighted by atomic mass is 10.1. The maximum absolute atomic E-state index is 10.5. The highest BCUT2D eigenvalue weighted by Crippen LogP contribution is 2.15. The summed E-state index contributed by atoms with van der Waals surface area (Å²) in [7, 11) is 0. The smallest absolute Gasteiger partial charge is 0.237 e. The molecule has 0 N–H and O–H groups in total. The van der Waals surface area contributed by atoms with Gasteiger partial charge >= 0.3 is 0 Å². The second-order valence-electron chi connectivity index (χ2n) is 5.18. The number of isocyanates is 2. The molecule has 0 radical (unpaired) electrons. The van der Waals surface area contributed by atoms with E-state index in [1.54, 1.807) is 12.2 Å². The molecule has 0 spiro atoms. The molecule has 21 heavy (non-hydrogen) atoms. The summed E-state index contributed by atoms with van der Waals surface area (Å²) in [4.78, 5) is 28.3. The number of ether oxygens (including phenoxy) is 1. The average Bonchev–Trinajstić information content (AvgIpc) is 2.48. The van der Waals surface area contributed by atoms with Gasteiger partial charge in [0.05, 0.1) is 0 Å². The van der Waals surface area contributed by atoms with Crippen molar-refractivity contribution in [2.24, 2.45) is 9.98 Å². The summed E-state index contributed by atoms with van der Waals surface area (Å²) in [5.74, 6) is 0. The number of aliphatic imine (C=N–C) groups is 2. The summed E-state index contributed by atoms with van der Waals surface area (Å²) < 4.78 is 5.63. The Morgan fingerprint density at radius 1 is 0.762 bits per heavy atom. The lowest BCUT2D eigenvalue weighted by Crippen LogP contribution is -2.19. The van der Waals surface area contributed by atoms with Crippen molar-refractivity contribution in [3.63, 3.8) is 0 Å². The van der Waals surface area contributed by atoms with Gasteiger partial charge < -0.3 is 4.74 Å². The van der Waals surface area contributed by atoms with E-state index in [-0.39, 0.29) is 0 Å². The van der Waals surface area contributed by atoms with Crippen LogP contribution in [0.2, 0.25) is 0 Å². The summed E-state index contributed by atoms with van der Waals surface area (Å²) in [5, 5.41) is 0. The molecule has 0 amide bonds. The van der Waals surface area contributed by atoms with Gasteiger partial charge in [-0.1, -0.05) is 52.4 Å². The Morgan fingerprint density at radius 2 is 1.19 bits per heavy atom. The summed E-state index contributed by atoms with van der Waals surface area (Å²) in [6, 6.07) is 0. The van der Waals surface area contributed by atoms with E-state index in [0.29, 0.717) is 12.8 Å². The summed E-state index contributed by atoms with van der Waals surface area (Å²) in [6.07, 6.45) is 12.0. The van der Waals surface area contributed by atoms with E-state index in [1.165, 1.54) is 0 Å². The SMILES string of the molecule is CCCCCCC(N=C=O)OC(CCCCCC)N=C=O. The molecule has 2 atom stereocenters. The fourth-order valence-corrected chi connectivity index (χ4v) is 2.12. The molecule has 0 fully saturated rings. The lowest BCUT2D eigenvalue weighted by molar-refractivity contribution is -0.0126. The van der Waals surface area contributed by atoms with Crippen molar-refractivity contribution in [3.8, 4) is 0 Å². The van der Waals surface area contributed by atoms with E-state index < -0.39 is 12.5 Å². The van der Waals surface area contributed by atoms with Crippen LogP contribution in [0.25, 0.3) is 0 Å². The van der Waals surface area contributed by atoms with E-state index in [0.717, 1.165) is 51.4 Å². The van der Waals surface area contributed by atoms with Crippen molar-refractivity contribution in [3.05, 3.63) is 0 Å². The fourth-order valence-electron chi connectivity index (χ4n) is 2.12. The molecule has 5 nitrogen and oxygen atoms in total. The summed E-state index contributed by atoms with van der Waals surface area (Å²) in [5.41, 5.74) is 0. The Bertz CT molecular complexity index is 302. The van der Waals surface area contributed by atoms with Crippen molar-refractivity contribution in [1.82, 2.24) is 0 Å². The van der Waals surface area contributed by atoms with Crippen LogP contribution in [-0.2, 0) is 14.3 Å². The first kappa shape index (κ1) is 19.7. The van der Waals surface area contributed by atoms with E-state index in [2.05, 4.69) is 23.8 Å². The van der Waals surface area contributed by atoms with Crippen LogP contribution in [0.1, 0.15) is 78.1 Å². The van der Waals surface area contributed by atoms with Gasteiger partial charge in [0.15, 0.2) is 12.5 Å². The molecular weight excluding hydrogens is 268 g/mol. The molecule has 0 saturated heterocycles. The quantitative estimate of drug-likeness (QED) is 0.273. The zero-order valence-electron chi connectivity index (χ0n) is 13.3. The molecule has 2 unspecified atom stereocenters. The van der Waals surface area contributed by atoms with Crippen LogP contribution >= 0.6 is 0 Å². The Kier molecular flexibility index (Phi) is 14.2. The van der Waals surface area contributed by atoms with Crippen molar-refractivity contribution < 1.29 is 14.3 Å². The number of nitrogens with zero attached hydrogens (tertiary/aromatic N) is 2. The molecule has 0 bridgehead atoms. The second kappa shape index (κ2) is 15.1. The molecule has 0 rings (SSSR count). The zero-order chi connectivity index (χ0) is 15.8. The van der Waals surface area contributed by atoms with E-state index in [1.807, 2.05) is 0 Å². The van der Waals surface area contributed by atoms with Crippen LogP contribution in [0.3, 0.4) is 0 Å². The van der Waals surface area contributed by atoms with Gasteiger partial charge in [0.2, 0.25) is 12.2 Å². The highest BCUT2D eigenvalue weighted by atomic mass is 16.5. The van der Waals surface area contributed by atoms with Gasteiger partial charge in [-0.25, -0.2) is 9.59 Å². The molecule has 120 valence electrons. The fraction of sp³-hybridized carbons (Fsp3) is 0.875. The first-order valence-electron chi connectivity index (χ1n) is 8.07. The molecule has 0 saturated carbocycles. The second-order valence-corrected chi connectivity index (χ2v) is 5.18. The van der Waals surface area contributed by atoms with Gasteiger partial charge in [0.25, 0.3) is 0 Å². The van der Waals surface area contributed by atoms with Crippen LogP contribution in [0.5, 0.6) is 0 Å². The van der Waals surface area contributed by atoms with Crippen molar-refractivity contribution in [1.29, 1.82) is 0 Å². The monoisotopic (exact) mass is 296 g/mol. The van der Waals surface area contributed by atoms with Gasteiger partial charge in [0, 0.05) is 0 Å². The molecular formula is C16H28N2O3. The molecule has 0 aliphatic rings. The Labute approximate surface area is 127 Å². The van der Waals surface area contributed by atoms with Crippen molar-refractivity contribution >= 4 is 12.2 Å². The molecule has 0 aliphatic heterocycles. The van der Waals surface area contributed by atoms with Crippen LogP contribution in [0.4, 0.5) is 0 Å². The number of hydrogen-bond acceptors (Lipinski definition) is 5. The van der Waals surface area contributed by atoms with Gasteiger partial charge in [0.1, 0.15) is 0 Å². The molecule has 0 aromatic rings. The van der Waals surface area contributed by atoms with Crippen LogP contribution in [0, 0.1) is 0 Å². The largest absolute Gasteiger partial charge is 0.330 e. The van der Waals surface area contributed by atoms with Gasteiger partial charge in [-0.2, -0.15) is 9.98 Å². The lowest BCUT2D eigenvalue weighted by Gasteiger charge is -2.17. The van der Waals surface area contributed by atoms with Crippen molar-refractivity contribution in [2.75, 3.05) is 0 Å². The maximum Gasteiger partial charge on any atom is 0.237 e. The predicted molar refractivity (Wildman–Crippen MR) is 82.4 cm³/mol. The average molecular weight is 296 g/mol. The molecule has 0 aliphatic carbocycles. The molecule has 0 aromatic carbocycles. The Balaban J connectivity index is 4.24. The summed E-state index contributed by atoms with van der Waals surface area (Å²) >= 11 is 0. The van der Waals surface area contributed by atoms with Gasteiger partial charge in [-0.15, -0.1) is 0 Å². The van der Waals surface area contributed by atoms with E-state index in [9.17, 15) is 9.59 Å². The maximum atomic E-state index is 10.5. The first-order chi connectivity index (χ1) is 10.3. The standard InChI is InChI=1S/C16H28N2O3/c1-3-5-7-9-11-15(17-13-19)21-16(18-14-20)12-10-8-6-4-2/h15-16H,3-12H2,1-2H3. The summed E-state index contributed by atoms with van der Waals surface area (Å²) in [6.45, 7) is 4.28. The van der Waals surface area contributed by atoms with Gasteiger partial charge in [-0.3, -0.25) is 0 Å². The Morgan fingerprint density at radius 3 is 1.52 bits per heavy atom. The zero-order valence-corrected chi connectivity index (χ0v) is 13.3. The van der Waals surface area contributed by atoms with E-state index >= 15 is 0 Å². The minimum absolute atomic E-state index is 0.548. The first-order valence-corrected chi connectivity index (χ1v) is 8.07. The van der Waals surface area contributed by atoms with Crippen LogP contribution in [0.15, 0.2) is 9.98 Å². The Hall–Kier alpha value is -1.28. The van der Waals surface area contributed by atoms with E-state index in [4.69, 9.17) is 4.74 Å². The molecule has 5 heteroatoms. The molecule has 0 aromatic heterocycles. The predicted octanol–water partition coefficient (Wildman–Crippen LogP) is 4.27. The highest BCUT2D eigenvalue weighted by Gasteiger charge is 2.15. The van der Waals surface area contributed by atoms with Crippen LogP contribution < -0.4 is 0 Å². The highest BCUT2D eigenvalue weighted by molar-refractivity contribution is 5.33.